The van der Waals surface area contributed by atoms with E-state index in [1.54, 1.807) is 6.07 Å². The van der Waals surface area contributed by atoms with E-state index in [1.807, 2.05) is 42.7 Å². The van der Waals surface area contributed by atoms with Crippen LogP contribution in [-0.2, 0) is 17.5 Å². The second-order valence-corrected chi connectivity index (χ2v) is 9.52. The first-order valence-electron chi connectivity index (χ1n) is 12.2. The van der Waals surface area contributed by atoms with Crippen molar-refractivity contribution in [2.24, 2.45) is 0 Å². The van der Waals surface area contributed by atoms with Crippen molar-refractivity contribution in [1.82, 2.24) is 4.57 Å². The third kappa shape index (κ3) is 5.43. The Morgan fingerprint density at radius 2 is 1.72 bits per heavy atom. The number of nitrogens with one attached hydrogen (secondary N) is 1. The number of carbonyl (C=O) groups is 1. The number of hydrogen-bond acceptors (Lipinski definition) is 3. The van der Waals surface area contributed by atoms with Gasteiger partial charge in [0.05, 0.1) is 24.5 Å². The number of alkyl halides is 3. The third-order valence-corrected chi connectivity index (χ3v) is 6.70. The summed E-state index contributed by atoms with van der Waals surface area (Å²) in [5.41, 5.74) is 4.64. The molecule has 0 radical (unpaired) electrons. The average molecular weight is 500 g/mol. The fourth-order valence-corrected chi connectivity index (χ4v) is 4.80. The van der Waals surface area contributed by atoms with Crippen molar-refractivity contribution in [3.8, 4) is 0 Å². The Morgan fingerprint density at radius 3 is 2.33 bits per heavy atom. The number of aromatic nitrogens is 1. The van der Waals surface area contributed by atoms with Gasteiger partial charge in [-0.15, -0.1) is 0 Å². The Labute approximate surface area is 209 Å². The number of anilines is 2. The molecule has 8 heteroatoms. The lowest BCUT2D eigenvalue weighted by molar-refractivity contribution is -0.137. The molecule has 5 nitrogen and oxygen atoms in total. The van der Waals surface area contributed by atoms with Gasteiger partial charge < -0.3 is 19.5 Å². The van der Waals surface area contributed by atoms with Gasteiger partial charge in [0.2, 0.25) is 0 Å². The number of amides is 1. The highest BCUT2D eigenvalue weighted by Gasteiger charge is 2.31. The van der Waals surface area contributed by atoms with Crippen LogP contribution in [0, 0.1) is 13.8 Å². The molecule has 1 aliphatic rings. The molecule has 1 fully saturated rings. The van der Waals surface area contributed by atoms with Crippen LogP contribution in [0.2, 0.25) is 0 Å². The fraction of sp³-hybridized carbons (Fsp3) is 0.393. The summed E-state index contributed by atoms with van der Waals surface area (Å²) >= 11 is 0. The summed E-state index contributed by atoms with van der Waals surface area (Å²) in [6, 6.07) is 13.0. The number of hydrogen-bond donors (Lipinski definition) is 1. The highest BCUT2D eigenvalue weighted by atomic mass is 19.4. The maximum absolute atomic E-state index is 13.6. The minimum Gasteiger partial charge on any atom is -0.378 e. The number of nitrogens with zero attached hydrogens (tertiary/aromatic N) is 2. The molecule has 1 saturated heterocycles. The van der Waals surface area contributed by atoms with Gasteiger partial charge in [0.25, 0.3) is 5.91 Å². The molecule has 0 aliphatic carbocycles. The Balaban J connectivity index is 1.73. The lowest BCUT2D eigenvalue weighted by atomic mass is 10.0. The lowest BCUT2D eigenvalue weighted by Gasteiger charge is -2.29. The summed E-state index contributed by atoms with van der Waals surface area (Å²) in [5, 5.41) is 2.99. The van der Waals surface area contributed by atoms with Gasteiger partial charge in [-0.1, -0.05) is 38.1 Å². The van der Waals surface area contributed by atoms with Crippen molar-refractivity contribution in [3.05, 3.63) is 82.2 Å². The molecule has 2 aromatic carbocycles. The maximum Gasteiger partial charge on any atom is 0.416 e. The quantitative estimate of drug-likeness (QED) is 0.428. The van der Waals surface area contributed by atoms with E-state index < -0.39 is 11.7 Å². The molecule has 0 unspecified atom stereocenters. The van der Waals surface area contributed by atoms with Crippen LogP contribution in [0.5, 0.6) is 0 Å². The van der Waals surface area contributed by atoms with Crippen molar-refractivity contribution < 1.29 is 22.7 Å². The normalized spacial score (nSPS) is 14.4. The summed E-state index contributed by atoms with van der Waals surface area (Å²) in [7, 11) is 0. The molecule has 2 heterocycles. The Morgan fingerprint density at radius 1 is 1.06 bits per heavy atom. The van der Waals surface area contributed by atoms with Crippen molar-refractivity contribution in [3.63, 3.8) is 0 Å². The molecule has 3 aromatic rings. The van der Waals surface area contributed by atoms with Gasteiger partial charge >= 0.3 is 6.18 Å². The van der Waals surface area contributed by atoms with Gasteiger partial charge in [-0.3, -0.25) is 4.79 Å². The second-order valence-electron chi connectivity index (χ2n) is 9.52. The molecule has 4 rings (SSSR count). The van der Waals surface area contributed by atoms with Crippen LogP contribution in [0.25, 0.3) is 0 Å². The van der Waals surface area contributed by atoms with E-state index in [2.05, 4.69) is 24.1 Å². The van der Waals surface area contributed by atoms with E-state index >= 15 is 0 Å². The van der Waals surface area contributed by atoms with E-state index in [4.69, 9.17) is 4.74 Å². The van der Waals surface area contributed by atoms with Crippen LogP contribution in [0.4, 0.5) is 24.5 Å². The topological polar surface area (TPSA) is 46.5 Å². The van der Waals surface area contributed by atoms with Crippen LogP contribution >= 0.6 is 0 Å². The van der Waals surface area contributed by atoms with Crippen molar-refractivity contribution in [1.29, 1.82) is 0 Å². The average Bonchev–Trinajstić information content (AvgIpc) is 3.08. The summed E-state index contributed by atoms with van der Waals surface area (Å²) < 4.78 is 47.3. The number of benzene rings is 2. The molecule has 0 saturated carbocycles. The zero-order valence-electron chi connectivity index (χ0n) is 21.1. The standard InChI is InChI=1S/C28H32F3N3O2/c1-18(2)22-8-10-24(11-9-22)32-27(35)26-19(3)25(33-12-14-36-15-13-33)20(4)34(26)17-21-6-5-7-23(16-21)28(29,30)31/h5-11,16,18H,12-15,17H2,1-4H3,(H,32,35). The number of rotatable bonds is 6. The SMILES string of the molecule is Cc1c(N2CCOCC2)c(C)n(Cc2cccc(C(F)(F)F)c2)c1C(=O)Nc1ccc(C(C)C)cc1. The fourth-order valence-electron chi connectivity index (χ4n) is 4.80. The monoisotopic (exact) mass is 499 g/mol. The number of morpholine rings is 1. The second kappa shape index (κ2) is 10.4. The van der Waals surface area contributed by atoms with Crippen molar-refractivity contribution >= 4 is 17.3 Å². The van der Waals surface area contributed by atoms with Gasteiger partial charge in [0.15, 0.2) is 0 Å². The minimum absolute atomic E-state index is 0.149. The Bertz CT molecular complexity index is 1220. The molecule has 0 atom stereocenters. The molecule has 192 valence electrons. The summed E-state index contributed by atoms with van der Waals surface area (Å²) in [6.45, 7) is 10.7. The van der Waals surface area contributed by atoms with Crippen LogP contribution in [-0.4, -0.2) is 36.8 Å². The van der Waals surface area contributed by atoms with Crippen molar-refractivity contribution in [2.45, 2.75) is 46.3 Å². The molecule has 1 aromatic heterocycles. The molecule has 0 bridgehead atoms. The number of carbonyl (C=O) groups excluding carboxylic acids is 1. The summed E-state index contributed by atoms with van der Waals surface area (Å²) in [6.07, 6.45) is -4.43. The minimum atomic E-state index is -4.43. The highest BCUT2D eigenvalue weighted by molar-refractivity contribution is 6.05. The maximum atomic E-state index is 13.6. The van der Waals surface area contributed by atoms with Crippen LogP contribution in [0.1, 0.15) is 58.2 Å². The first-order chi connectivity index (χ1) is 17.1. The molecule has 1 N–H and O–H groups in total. The van der Waals surface area contributed by atoms with Gasteiger partial charge in [-0.2, -0.15) is 13.2 Å². The van der Waals surface area contributed by atoms with E-state index in [0.29, 0.717) is 49.2 Å². The molecule has 36 heavy (non-hydrogen) atoms. The summed E-state index contributed by atoms with van der Waals surface area (Å²) in [4.78, 5) is 15.8. The smallest absolute Gasteiger partial charge is 0.378 e. The van der Waals surface area contributed by atoms with E-state index in [0.717, 1.165) is 29.1 Å². The van der Waals surface area contributed by atoms with Gasteiger partial charge in [0.1, 0.15) is 5.69 Å². The first-order valence-corrected chi connectivity index (χ1v) is 12.2. The predicted octanol–water partition coefficient (Wildman–Crippen LogP) is 6.38. The molecule has 0 spiro atoms. The van der Waals surface area contributed by atoms with E-state index in [1.165, 1.54) is 11.6 Å². The van der Waals surface area contributed by atoms with Gasteiger partial charge in [-0.05, 0) is 55.2 Å². The summed E-state index contributed by atoms with van der Waals surface area (Å²) in [5.74, 6) is 0.0832. The van der Waals surface area contributed by atoms with Crippen LogP contribution in [0.15, 0.2) is 48.5 Å². The highest BCUT2D eigenvalue weighted by Crippen LogP contribution is 2.34. The van der Waals surface area contributed by atoms with Crippen LogP contribution in [0.3, 0.4) is 0 Å². The molecular formula is C28H32F3N3O2. The van der Waals surface area contributed by atoms with E-state index in [-0.39, 0.29) is 12.5 Å². The zero-order chi connectivity index (χ0) is 26.0. The first kappa shape index (κ1) is 25.8. The number of halogens is 3. The van der Waals surface area contributed by atoms with Crippen LogP contribution < -0.4 is 10.2 Å². The molecular weight excluding hydrogens is 467 g/mol. The molecule has 1 amide bonds. The van der Waals surface area contributed by atoms with Gasteiger partial charge in [0, 0.05) is 36.6 Å². The van der Waals surface area contributed by atoms with Crippen molar-refractivity contribution in [2.75, 3.05) is 36.5 Å². The predicted molar refractivity (Wildman–Crippen MR) is 136 cm³/mol. The Kier molecular flexibility index (Phi) is 7.45. The molecule has 1 aliphatic heterocycles. The zero-order valence-corrected chi connectivity index (χ0v) is 21.1. The Hall–Kier alpha value is -3.26. The number of ether oxygens (including phenoxy) is 1. The third-order valence-electron chi connectivity index (χ3n) is 6.70. The lowest BCUT2D eigenvalue weighted by Crippen LogP contribution is -2.36. The van der Waals surface area contributed by atoms with Gasteiger partial charge in [-0.25, -0.2) is 0 Å². The largest absolute Gasteiger partial charge is 0.416 e. The van der Waals surface area contributed by atoms with E-state index in [9.17, 15) is 18.0 Å².